The van der Waals surface area contributed by atoms with E-state index in [4.69, 9.17) is 15.2 Å². The molecule has 1 rings (SSSR count). The minimum atomic E-state index is 0.116. The number of ether oxygens (including phenoxy) is 2. The summed E-state index contributed by atoms with van der Waals surface area (Å²) >= 11 is 0. The molecule has 2 N–H and O–H groups in total. The fourth-order valence-electron chi connectivity index (χ4n) is 1.56. The van der Waals surface area contributed by atoms with Gasteiger partial charge >= 0.3 is 0 Å². The quantitative estimate of drug-likeness (QED) is 0.583. The summed E-state index contributed by atoms with van der Waals surface area (Å²) in [5.74, 6) is 1.65. The van der Waals surface area contributed by atoms with Crippen LogP contribution in [0.5, 0.6) is 11.5 Å². The molecule has 0 saturated heterocycles. The SMILES string of the molecule is C=CCCOc1cc(OC)ccc1CC(C)N. The second kappa shape index (κ2) is 6.97. The molecule has 94 valence electrons. The van der Waals surface area contributed by atoms with Crippen molar-refractivity contribution in [1.29, 1.82) is 0 Å². The van der Waals surface area contributed by atoms with Crippen molar-refractivity contribution in [1.82, 2.24) is 0 Å². The Kier molecular flexibility index (Phi) is 5.57. The highest BCUT2D eigenvalue weighted by Gasteiger charge is 2.07. The Morgan fingerprint density at radius 2 is 2.24 bits per heavy atom. The third-order valence-electron chi connectivity index (χ3n) is 2.40. The van der Waals surface area contributed by atoms with E-state index in [0.29, 0.717) is 6.61 Å². The van der Waals surface area contributed by atoms with Crippen molar-refractivity contribution in [3.05, 3.63) is 36.4 Å². The van der Waals surface area contributed by atoms with Crippen molar-refractivity contribution in [3.8, 4) is 11.5 Å². The minimum absolute atomic E-state index is 0.116. The zero-order chi connectivity index (χ0) is 12.7. The topological polar surface area (TPSA) is 44.5 Å². The Hall–Kier alpha value is -1.48. The Bertz CT molecular complexity index is 361. The van der Waals surface area contributed by atoms with E-state index < -0.39 is 0 Å². The summed E-state index contributed by atoms with van der Waals surface area (Å²) in [5.41, 5.74) is 6.93. The lowest BCUT2D eigenvalue weighted by atomic mass is 10.1. The highest BCUT2D eigenvalue weighted by atomic mass is 16.5. The molecule has 0 aliphatic carbocycles. The fourth-order valence-corrected chi connectivity index (χ4v) is 1.56. The second-order valence-corrected chi connectivity index (χ2v) is 4.08. The maximum Gasteiger partial charge on any atom is 0.126 e. The van der Waals surface area contributed by atoms with E-state index in [1.165, 1.54) is 0 Å². The molecule has 0 amide bonds. The maximum atomic E-state index is 5.82. The predicted molar refractivity (Wildman–Crippen MR) is 70.7 cm³/mol. The van der Waals surface area contributed by atoms with Crippen LogP contribution in [0, 0.1) is 0 Å². The normalized spacial score (nSPS) is 11.9. The molecule has 0 spiro atoms. The smallest absolute Gasteiger partial charge is 0.126 e. The Morgan fingerprint density at radius 3 is 2.82 bits per heavy atom. The third kappa shape index (κ3) is 4.49. The van der Waals surface area contributed by atoms with Gasteiger partial charge in [0.2, 0.25) is 0 Å². The summed E-state index contributed by atoms with van der Waals surface area (Å²) in [5, 5.41) is 0. The average Bonchev–Trinajstić information content (AvgIpc) is 2.30. The monoisotopic (exact) mass is 235 g/mol. The van der Waals surface area contributed by atoms with Crippen molar-refractivity contribution >= 4 is 0 Å². The molecule has 3 heteroatoms. The van der Waals surface area contributed by atoms with Gasteiger partial charge in [-0.2, -0.15) is 0 Å². The van der Waals surface area contributed by atoms with Gasteiger partial charge in [-0.15, -0.1) is 6.58 Å². The average molecular weight is 235 g/mol. The third-order valence-corrected chi connectivity index (χ3v) is 2.40. The van der Waals surface area contributed by atoms with Crippen LogP contribution in [0.4, 0.5) is 0 Å². The summed E-state index contributed by atoms with van der Waals surface area (Å²) in [6.07, 6.45) is 3.47. The minimum Gasteiger partial charge on any atom is -0.497 e. The van der Waals surface area contributed by atoms with E-state index in [2.05, 4.69) is 6.58 Å². The summed E-state index contributed by atoms with van der Waals surface area (Å²) < 4.78 is 10.9. The van der Waals surface area contributed by atoms with Gasteiger partial charge in [-0.1, -0.05) is 12.1 Å². The molecule has 0 aliphatic rings. The van der Waals surface area contributed by atoms with Crippen molar-refractivity contribution in [2.24, 2.45) is 5.73 Å². The van der Waals surface area contributed by atoms with E-state index in [9.17, 15) is 0 Å². The first-order valence-corrected chi connectivity index (χ1v) is 5.83. The first-order chi connectivity index (χ1) is 8.17. The Balaban J connectivity index is 2.82. The molecular formula is C14H21NO2. The van der Waals surface area contributed by atoms with Crippen LogP contribution >= 0.6 is 0 Å². The lowest BCUT2D eigenvalue weighted by Gasteiger charge is -2.14. The standard InChI is InChI=1S/C14H21NO2/c1-4-5-8-17-14-10-13(16-3)7-6-12(14)9-11(2)15/h4,6-7,10-11H,1,5,8-9,15H2,2-3H3. The zero-order valence-electron chi connectivity index (χ0n) is 10.6. The molecular weight excluding hydrogens is 214 g/mol. The van der Waals surface area contributed by atoms with E-state index >= 15 is 0 Å². The summed E-state index contributed by atoms with van der Waals surface area (Å²) in [7, 11) is 1.65. The number of benzene rings is 1. The van der Waals surface area contributed by atoms with Gasteiger partial charge in [0, 0.05) is 12.1 Å². The van der Waals surface area contributed by atoms with Crippen molar-refractivity contribution in [2.75, 3.05) is 13.7 Å². The van der Waals surface area contributed by atoms with E-state index in [-0.39, 0.29) is 6.04 Å². The van der Waals surface area contributed by atoms with Crippen LogP contribution < -0.4 is 15.2 Å². The largest absolute Gasteiger partial charge is 0.497 e. The van der Waals surface area contributed by atoms with Crippen molar-refractivity contribution < 1.29 is 9.47 Å². The number of nitrogens with two attached hydrogens (primary N) is 1. The second-order valence-electron chi connectivity index (χ2n) is 4.08. The van der Waals surface area contributed by atoms with Crippen LogP contribution in [0.25, 0.3) is 0 Å². The van der Waals surface area contributed by atoms with E-state index in [1.807, 2.05) is 31.2 Å². The van der Waals surface area contributed by atoms with Crippen LogP contribution in [0.2, 0.25) is 0 Å². The number of rotatable bonds is 7. The molecule has 0 saturated carbocycles. The maximum absolute atomic E-state index is 5.82. The van der Waals surface area contributed by atoms with E-state index in [1.54, 1.807) is 7.11 Å². The lowest BCUT2D eigenvalue weighted by Crippen LogP contribution is -2.18. The van der Waals surface area contributed by atoms with Crippen LogP contribution in [0.1, 0.15) is 18.9 Å². The number of methoxy groups -OCH3 is 1. The summed E-state index contributed by atoms with van der Waals surface area (Å²) in [4.78, 5) is 0. The van der Waals surface area contributed by atoms with Crippen LogP contribution in [0.15, 0.2) is 30.9 Å². The van der Waals surface area contributed by atoms with Gasteiger partial charge < -0.3 is 15.2 Å². The van der Waals surface area contributed by atoms with Crippen LogP contribution in [-0.4, -0.2) is 19.8 Å². The van der Waals surface area contributed by atoms with E-state index in [0.717, 1.165) is 29.9 Å². The molecule has 0 bridgehead atoms. The first-order valence-electron chi connectivity index (χ1n) is 5.83. The molecule has 0 heterocycles. The molecule has 1 atom stereocenters. The summed E-state index contributed by atoms with van der Waals surface area (Å²) in [6, 6.07) is 5.95. The number of hydrogen-bond acceptors (Lipinski definition) is 3. The van der Waals surface area contributed by atoms with Gasteiger partial charge in [-0.05, 0) is 31.4 Å². The van der Waals surface area contributed by atoms with Gasteiger partial charge in [-0.3, -0.25) is 0 Å². The van der Waals surface area contributed by atoms with Gasteiger partial charge in [-0.25, -0.2) is 0 Å². The Morgan fingerprint density at radius 1 is 1.47 bits per heavy atom. The summed E-state index contributed by atoms with van der Waals surface area (Å²) in [6.45, 7) is 6.28. The van der Waals surface area contributed by atoms with Gasteiger partial charge in [0.05, 0.1) is 13.7 Å². The Labute approximate surface area is 103 Å². The molecule has 0 radical (unpaired) electrons. The molecule has 0 fully saturated rings. The van der Waals surface area contributed by atoms with Gasteiger partial charge in [0.15, 0.2) is 0 Å². The lowest BCUT2D eigenvalue weighted by molar-refractivity contribution is 0.318. The molecule has 0 aliphatic heterocycles. The van der Waals surface area contributed by atoms with Crippen LogP contribution in [0.3, 0.4) is 0 Å². The fraction of sp³-hybridized carbons (Fsp3) is 0.429. The van der Waals surface area contributed by atoms with Crippen LogP contribution in [-0.2, 0) is 6.42 Å². The predicted octanol–water partition coefficient (Wildman–Crippen LogP) is 2.54. The molecule has 3 nitrogen and oxygen atoms in total. The highest BCUT2D eigenvalue weighted by Crippen LogP contribution is 2.26. The molecule has 0 aromatic heterocycles. The van der Waals surface area contributed by atoms with Gasteiger partial charge in [0.1, 0.15) is 11.5 Å². The first kappa shape index (κ1) is 13.6. The molecule has 1 aromatic carbocycles. The zero-order valence-corrected chi connectivity index (χ0v) is 10.6. The van der Waals surface area contributed by atoms with Crippen molar-refractivity contribution in [2.45, 2.75) is 25.8 Å². The van der Waals surface area contributed by atoms with Crippen molar-refractivity contribution in [3.63, 3.8) is 0 Å². The molecule has 17 heavy (non-hydrogen) atoms. The highest BCUT2D eigenvalue weighted by molar-refractivity contribution is 5.41. The van der Waals surface area contributed by atoms with Gasteiger partial charge in [0.25, 0.3) is 0 Å². The number of hydrogen-bond donors (Lipinski definition) is 1. The molecule has 1 aromatic rings. The molecule has 1 unspecified atom stereocenters.